The van der Waals surface area contributed by atoms with E-state index < -0.39 is 0 Å². The number of oxazole rings is 1. The van der Waals surface area contributed by atoms with Gasteiger partial charge < -0.3 is 8.98 Å². The minimum atomic E-state index is 0. The molecule has 0 aromatic carbocycles. The van der Waals surface area contributed by atoms with Crippen molar-refractivity contribution in [1.29, 1.82) is 0 Å². The fourth-order valence-electron chi connectivity index (χ4n) is 3.77. The van der Waals surface area contributed by atoms with Crippen molar-refractivity contribution in [3.63, 3.8) is 0 Å². The third-order valence-corrected chi connectivity index (χ3v) is 7.07. The SMILES string of the molecule is C.CC(C)c1ncccn1.CC(C)c1ncco1.CC(C)n1cccc1.CC(C)n1ccnn1.CC(C)n1cncn1.CC(C)n1cncn1.CC(C)n1nccn1. The van der Waals surface area contributed by atoms with E-state index in [1.54, 1.807) is 87.6 Å². The molecule has 58 heavy (non-hydrogen) atoms. The normalized spacial score (nSPS) is 10.2. The van der Waals surface area contributed by atoms with E-state index in [4.69, 9.17) is 4.42 Å². The Hall–Kier alpha value is -5.87. The molecule has 320 valence electrons. The summed E-state index contributed by atoms with van der Waals surface area (Å²) in [6, 6.07) is 8.17. The Labute approximate surface area is 346 Å². The predicted molar refractivity (Wildman–Crippen MR) is 230 cm³/mol. The molecule has 0 bridgehead atoms. The Kier molecular flexibility index (Phi) is 27.2. The van der Waals surface area contributed by atoms with Crippen LogP contribution in [0.5, 0.6) is 0 Å². The summed E-state index contributed by atoms with van der Waals surface area (Å²) < 4.78 is 12.6. The van der Waals surface area contributed by atoms with Crippen molar-refractivity contribution >= 4 is 0 Å². The first-order valence-corrected chi connectivity index (χ1v) is 19.3. The van der Waals surface area contributed by atoms with Crippen LogP contribution in [0.15, 0.2) is 110 Å². The van der Waals surface area contributed by atoms with Crippen molar-refractivity contribution in [2.75, 3.05) is 0 Å². The van der Waals surface area contributed by atoms with Gasteiger partial charge in [-0.2, -0.15) is 25.2 Å². The van der Waals surface area contributed by atoms with E-state index in [2.05, 4.69) is 142 Å². The molecule has 0 amide bonds. The first kappa shape index (κ1) is 52.1. The molecule has 0 spiro atoms. The van der Waals surface area contributed by atoms with Crippen molar-refractivity contribution in [3.05, 3.63) is 117 Å². The van der Waals surface area contributed by atoms with Gasteiger partial charge in [0.2, 0.25) is 0 Å². The van der Waals surface area contributed by atoms with Crippen LogP contribution in [0.1, 0.15) is 158 Å². The molecule has 17 heteroatoms. The zero-order chi connectivity index (χ0) is 42.6. The van der Waals surface area contributed by atoms with Crippen LogP contribution in [0.4, 0.5) is 0 Å². The lowest BCUT2D eigenvalue weighted by atomic mass is 10.2. The lowest BCUT2D eigenvalue weighted by molar-refractivity contribution is 0.466. The van der Waals surface area contributed by atoms with Gasteiger partial charge in [-0.25, -0.2) is 24.9 Å². The highest BCUT2D eigenvalue weighted by Gasteiger charge is 2.00. The van der Waals surface area contributed by atoms with Crippen LogP contribution in [-0.2, 0) is 0 Å². The Balaban J connectivity index is 0.000000652. The van der Waals surface area contributed by atoms with Gasteiger partial charge in [0.1, 0.15) is 37.4 Å². The molecule has 0 unspecified atom stereocenters. The number of aromatic nitrogens is 16. The van der Waals surface area contributed by atoms with Gasteiger partial charge in [0.15, 0.2) is 5.89 Å². The molecule has 0 saturated carbocycles. The van der Waals surface area contributed by atoms with Crippen molar-refractivity contribution in [2.24, 2.45) is 0 Å². The average molecular weight is 803 g/mol. The van der Waals surface area contributed by atoms with Crippen molar-refractivity contribution in [2.45, 2.75) is 146 Å². The summed E-state index contributed by atoms with van der Waals surface area (Å²) in [4.78, 5) is 21.3. The third-order valence-electron chi connectivity index (χ3n) is 7.07. The maximum absolute atomic E-state index is 4.98. The summed E-state index contributed by atoms with van der Waals surface area (Å²) in [5.41, 5.74) is 0. The van der Waals surface area contributed by atoms with Crippen LogP contribution in [-0.4, -0.2) is 79.0 Å². The highest BCUT2D eigenvalue weighted by molar-refractivity contribution is 4.93. The van der Waals surface area contributed by atoms with E-state index in [1.807, 2.05) is 52.1 Å². The van der Waals surface area contributed by atoms with Crippen molar-refractivity contribution in [1.82, 2.24) is 79.0 Å². The fraction of sp³-hybridized carbons (Fsp3) is 0.537. The maximum atomic E-state index is 4.98. The first-order chi connectivity index (χ1) is 27.1. The second-order valence-corrected chi connectivity index (χ2v) is 14.4. The molecule has 17 nitrogen and oxygen atoms in total. The van der Waals surface area contributed by atoms with E-state index in [9.17, 15) is 0 Å². The number of hydrogen-bond donors (Lipinski definition) is 0. The zero-order valence-corrected chi connectivity index (χ0v) is 36.4. The maximum Gasteiger partial charge on any atom is 0.196 e. The number of rotatable bonds is 7. The van der Waals surface area contributed by atoms with Gasteiger partial charge in [-0.3, -0.25) is 14.0 Å². The Bertz CT molecular complexity index is 1500. The van der Waals surface area contributed by atoms with Crippen LogP contribution in [0.3, 0.4) is 0 Å². The zero-order valence-electron chi connectivity index (χ0n) is 36.4. The fourth-order valence-corrected chi connectivity index (χ4v) is 3.77. The topological polar surface area (TPSA) is 180 Å². The molecule has 0 saturated heterocycles. The summed E-state index contributed by atoms with van der Waals surface area (Å²) >= 11 is 0. The molecule has 7 aromatic heterocycles. The molecule has 0 atom stereocenters. The molecule has 0 fully saturated rings. The molecular weight excluding hydrogens is 733 g/mol. The summed E-state index contributed by atoms with van der Waals surface area (Å²) in [5, 5.41) is 23.1. The third kappa shape index (κ3) is 23.3. The average Bonchev–Trinajstić information content (AvgIpc) is 4.06. The van der Waals surface area contributed by atoms with E-state index in [0.717, 1.165) is 11.7 Å². The highest BCUT2D eigenvalue weighted by atomic mass is 16.3. The minimum absolute atomic E-state index is 0. The van der Waals surface area contributed by atoms with E-state index in [0.29, 0.717) is 42.0 Å². The number of nitrogens with zero attached hydrogens (tertiary/aromatic N) is 16. The quantitative estimate of drug-likeness (QED) is 0.149. The molecule has 7 heterocycles. The van der Waals surface area contributed by atoms with Gasteiger partial charge in [0.25, 0.3) is 0 Å². The Morgan fingerprint density at radius 1 is 0.483 bits per heavy atom. The summed E-state index contributed by atoms with van der Waals surface area (Å²) in [7, 11) is 0. The first-order valence-electron chi connectivity index (χ1n) is 19.3. The highest BCUT2D eigenvalue weighted by Crippen LogP contribution is 2.09. The van der Waals surface area contributed by atoms with Gasteiger partial charge in [0, 0.05) is 67.0 Å². The molecule has 0 aliphatic carbocycles. The summed E-state index contributed by atoms with van der Waals surface area (Å²) in [6.07, 6.45) is 24.3. The van der Waals surface area contributed by atoms with E-state index in [-0.39, 0.29) is 7.43 Å². The van der Waals surface area contributed by atoms with Gasteiger partial charge in [-0.1, -0.05) is 40.3 Å². The lowest BCUT2D eigenvalue weighted by Crippen LogP contribution is -2.03. The molecule has 7 aromatic rings. The minimum Gasteiger partial charge on any atom is -0.449 e. The Morgan fingerprint density at radius 3 is 1.22 bits per heavy atom. The second kappa shape index (κ2) is 30.3. The standard InChI is InChI=1S/C7H10N2.C7H11N.C6H9NO.4C5H9N3.CH4/c1-6(2)7-8-4-3-5-9-7;1-7(2)8-5-3-4-6-8;1-5(2)6-7-3-4-8-6;2*1-5(2)8-4-6-3-7-8;1-5(2)8-4-3-6-7-8;1-5(2)8-6-3-4-7-8;/h3-6H,1-2H3;3-7H,1-2H3;5*3-5H,1-2H3;1H4. The van der Waals surface area contributed by atoms with Gasteiger partial charge in [-0.05, 0) is 87.4 Å². The van der Waals surface area contributed by atoms with Crippen LogP contribution < -0.4 is 0 Å². The molecule has 7 rings (SSSR count). The second-order valence-electron chi connectivity index (χ2n) is 14.4. The lowest BCUT2D eigenvalue weighted by Gasteiger charge is -2.03. The van der Waals surface area contributed by atoms with Gasteiger partial charge in [-0.15, -0.1) is 5.10 Å². The van der Waals surface area contributed by atoms with Crippen molar-refractivity contribution < 1.29 is 4.42 Å². The van der Waals surface area contributed by atoms with Gasteiger partial charge in [0.05, 0.1) is 30.8 Å². The van der Waals surface area contributed by atoms with Gasteiger partial charge >= 0.3 is 0 Å². The number of hydrogen-bond acceptors (Lipinski definition) is 12. The Morgan fingerprint density at radius 2 is 1.00 bits per heavy atom. The van der Waals surface area contributed by atoms with E-state index >= 15 is 0 Å². The van der Waals surface area contributed by atoms with Crippen LogP contribution in [0, 0.1) is 0 Å². The van der Waals surface area contributed by atoms with Crippen LogP contribution >= 0.6 is 0 Å². The van der Waals surface area contributed by atoms with Crippen LogP contribution in [0.25, 0.3) is 0 Å². The summed E-state index contributed by atoms with van der Waals surface area (Å²) in [5.74, 6) is 2.57. The van der Waals surface area contributed by atoms with Crippen LogP contribution in [0.2, 0.25) is 0 Å². The largest absolute Gasteiger partial charge is 0.449 e. The monoisotopic (exact) mass is 803 g/mol. The molecular formula is C41H70N16O. The molecule has 0 aliphatic rings. The predicted octanol–water partition coefficient (Wildman–Crippen LogP) is 9.54. The summed E-state index contributed by atoms with van der Waals surface area (Å²) in [6.45, 7) is 29.1. The van der Waals surface area contributed by atoms with E-state index in [1.165, 1.54) is 0 Å². The molecule has 0 N–H and O–H groups in total. The molecule has 0 aliphatic heterocycles. The van der Waals surface area contributed by atoms with Crippen molar-refractivity contribution in [3.8, 4) is 0 Å². The smallest absolute Gasteiger partial charge is 0.196 e. The molecule has 0 radical (unpaired) electrons.